The Morgan fingerprint density at radius 2 is 1.97 bits per heavy atom. The van der Waals surface area contributed by atoms with Gasteiger partial charge in [0.1, 0.15) is 23.4 Å². The first-order valence-corrected chi connectivity index (χ1v) is 10.9. The Balaban J connectivity index is 1.84. The number of nitrogens with zero attached hydrogens (tertiary/aromatic N) is 3. The topological polar surface area (TPSA) is 228 Å². The van der Waals surface area contributed by atoms with Crippen LogP contribution in [-0.2, 0) is 24.3 Å². The summed E-state index contributed by atoms with van der Waals surface area (Å²) in [5.74, 6) is -0.476. The predicted octanol–water partition coefficient (Wildman–Crippen LogP) is 1.12. The summed E-state index contributed by atoms with van der Waals surface area (Å²) < 4.78 is 0. The monoisotopic (exact) mass is 485 g/mol. The van der Waals surface area contributed by atoms with E-state index in [1.165, 1.54) is 18.2 Å². The third kappa shape index (κ3) is 5.34. The van der Waals surface area contributed by atoms with Crippen molar-refractivity contribution in [1.82, 2.24) is 4.90 Å². The fourth-order valence-corrected chi connectivity index (χ4v) is 3.82. The van der Waals surface area contributed by atoms with Gasteiger partial charge in [0, 0.05) is 31.1 Å². The molecule has 2 aromatic carbocycles. The van der Waals surface area contributed by atoms with Crippen LogP contribution in [0.15, 0.2) is 58.7 Å². The number of nitrogen functional groups attached to an aromatic ring is 1. The molecule has 1 amide bonds. The lowest BCUT2D eigenvalue weighted by atomic mass is 9.96. The van der Waals surface area contributed by atoms with Crippen LogP contribution in [0.5, 0.6) is 5.75 Å². The molecule has 0 atom stereocenters. The average molecular weight is 486 g/mol. The molecule has 184 valence electrons. The zero-order valence-corrected chi connectivity index (χ0v) is 19.5. The molecule has 0 aliphatic carbocycles. The smallest absolute Gasteiger partial charge is 0.257 e. The number of fused-ring (bicyclic) bond motifs is 1. The van der Waals surface area contributed by atoms with E-state index in [0.29, 0.717) is 25.1 Å². The minimum atomic E-state index is -0.452. The molecule has 3 rings (SSSR count). The average Bonchev–Trinajstić information content (AvgIpc) is 2.89. The number of hydrogen-bond donors (Lipinski definition) is 7. The van der Waals surface area contributed by atoms with Crippen LogP contribution in [0.2, 0.25) is 0 Å². The van der Waals surface area contributed by atoms with E-state index in [2.05, 4.69) is 4.99 Å². The molecular formula is C25H27N9O2. The number of amides is 1. The first-order valence-electron chi connectivity index (χ1n) is 10.9. The van der Waals surface area contributed by atoms with E-state index in [1.807, 2.05) is 18.2 Å². The summed E-state index contributed by atoms with van der Waals surface area (Å²) in [7, 11) is 0. The van der Waals surface area contributed by atoms with Gasteiger partial charge in [0.2, 0.25) is 0 Å². The Kier molecular flexibility index (Phi) is 7.71. The molecule has 1 aliphatic rings. The Morgan fingerprint density at radius 1 is 1.22 bits per heavy atom. The van der Waals surface area contributed by atoms with E-state index in [1.54, 1.807) is 11.0 Å². The summed E-state index contributed by atoms with van der Waals surface area (Å²) >= 11 is 0. The molecular weight excluding hydrogens is 458 g/mol. The molecule has 0 radical (unpaired) electrons. The van der Waals surface area contributed by atoms with Gasteiger partial charge in [0.15, 0.2) is 0 Å². The Labute approximate surface area is 208 Å². The van der Waals surface area contributed by atoms with Crippen LogP contribution in [0.3, 0.4) is 0 Å². The van der Waals surface area contributed by atoms with E-state index in [-0.39, 0.29) is 46.6 Å². The van der Waals surface area contributed by atoms with Crippen molar-refractivity contribution in [3.8, 4) is 11.8 Å². The highest BCUT2D eigenvalue weighted by Gasteiger charge is 2.23. The van der Waals surface area contributed by atoms with Crippen LogP contribution in [0.25, 0.3) is 5.70 Å². The van der Waals surface area contributed by atoms with Crippen molar-refractivity contribution in [2.45, 2.75) is 19.5 Å². The van der Waals surface area contributed by atoms with Crippen molar-refractivity contribution in [2.75, 3.05) is 12.3 Å². The summed E-state index contributed by atoms with van der Waals surface area (Å²) in [6.45, 7) is 1.08. The standard InChI is InChI=1S/C25H27N9O2/c26-9-18(10-27)25(36)34-6-5-15-7-14(1-2-17(15)13-34)12-33-24(32)22(20(30)11-28)23(31)16-3-4-21(35)19(29)8-16/h1-4,7-10,26,30,35H,5-6,12-13,27,29,31H2,(H2,32,33)/b18-10+,23-22?,26-9?,30-20?. The molecule has 0 fully saturated rings. The normalized spacial score (nSPS) is 14.4. The fourth-order valence-electron chi connectivity index (χ4n) is 3.82. The van der Waals surface area contributed by atoms with Gasteiger partial charge < -0.3 is 38.4 Å². The molecule has 1 aliphatic heterocycles. The minimum Gasteiger partial charge on any atom is -0.506 e. The van der Waals surface area contributed by atoms with E-state index in [9.17, 15) is 15.2 Å². The van der Waals surface area contributed by atoms with E-state index < -0.39 is 5.71 Å². The lowest BCUT2D eigenvalue weighted by Crippen LogP contribution is -2.37. The van der Waals surface area contributed by atoms with E-state index in [0.717, 1.165) is 29.1 Å². The molecule has 0 aromatic heterocycles. The molecule has 11 nitrogen and oxygen atoms in total. The highest BCUT2D eigenvalue weighted by molar-refractivity contribution is 6.31. The van der Waals surface area contributed by atoms with Gasteiger partial charge >= 0.3 is 0 Å². The molecule has 36 heavy (non-hydrogen) atoms. The number of nitriles is 1. The van der Waals surface area contributed by atoms with Crippen molar-refractivity contribution < 1.29 is 9.90 Å². The molecule has 2 aromatic rings. The van der Waals surface area contributed by atoms with E-state index >= 15 is 0 Å². The molecule has 0 spiro atoms. The number of benzene rings is 2. The van der Waals surface area contributed by atoms with Crippen LogP contribution >= 0.6 is 0 Å². The van der Waals surface area contributed by atoms with Crippen LogP contribution in [0.4, 0.5) is 5.69 Å². The highest BCUT2D eigenvalue weighted by atomic mass is 16.3. The number of hydrogen-bond acceptors (Lipinski definition) is 9. The largest absolute Gasteiger partial charge is 0.506 e. The van der Waals surface area contributed by atoms with Gasteiger partial charge in [-0.15, -0.1) is 0 Å². The maximum Gasteiger partial charge on any atom is 0.257 e. The Morgan fingerprint density at radius 3 is 2.61 bits per heavy atom. The number of rotatable bonds is 7. The Bertz CT molecular complexity index is 1370. The molecule has 0 bridgehead atoms. The van der Waals surface area contributed by atoms with Gasteiger partial charge in [-0.1, -0.05) is 18.2 Å². The predicted molar refractivity (Wildman–Crippen MR) is 139 cm³/mol. The molecule has 0 saturated heterocycles. The second-order valence-corrected chi connectivity index (χ2v) is 8.10. The molecule has 11 heteroatoms. The lowest BCUT2D eigenvalue weighted by Gasteiger charge is -2.29. The van der Waals surface area contributed by atoms with Gasteiger partial charge in [0.05, 0.1) is 29.1 Å². The first-order chi connectivity index (χ1) is 17.2. The zero-order chi connectivity index (χ0) is 26.4. The second kappa shape index (κ2) is 10.9. The number of nitrogens with two attached hydrogens (primary N) is 4. The zero-order valence-electron chi connectivity index (χ0n) is 19.5. The van der Waals surface area contributed by atoms with Crippen LogP contribution in [0.1, 0.15) is 22.3 Å². The number of aliphatic imine (C=N–C) groups is 1. The van der Waals surface area contributed by atoms with Gasteiger partial charge in [-0.05, 0) is 41.3 Å². The fraction of sp³-hybridized carbons (Fsp3) is 0.160. The first kappa shape index (κ1) is 25.5. The number of amidine groups is 1. The highest BCUT2D eigenvalue weighted by Crippen LogP contribution is 2.25. The molecule has 1 heterocycles. The number of phenolic OH excluding ortho intramolecular Hbond substituents is 1. The van der Waals surface area contributed by atoms with Crippen LogP contribution < -0.4 is 22.9 Å². The number of carbonyl (C=O) groups excluding carboxylic acids is 1. The van der Waals surface area contributed by atoms with Gasteiger partial charge in [-0.2, -0.15) is 5.26 Å². The van der Waals surface area contributed by atoms with E-state index in [4.69, 9.17) is 33.8 Å². The van der Waals surface area contributed by atoms with Crippen molar-refractivity contribution in [3.05, 3.63) is 76.0 Å². The molecule has 0 unspecified atom stereocenters. The van der Waals surface area contributed by atoms with Gasteiger partial charge in [-0.25, -0.2) is 0 Å². The number of aromatic hydroxyl groups is 1. The summed E-state index contributed by atoms with van der Waals surface area (Å²) in [4.78, 5) is 18.5. The Hall–Kier alpha value is -5.11. The number of phenols is 1. The number of nitrogens with one attached hydrogen (secondary N) is 2. The minimum absolute atomic E-state index is 0.0235. The quantitative estimate of drug-likeness (QED) is 0.0992. The summed E-state index contributed by atoms with van der Waals surface area (Å²) in [5, 5.41) is 34.3. The maximum absolute atomic E-state index is 12.5. The lowest BCUT2D eigenvalue weighted by molar-refractivity contribution is -0.127. The molecule has 0 saturated carbocycles. The summed E-state index contributed by atoms with van der Waals surface area (Å²) in [6, 6.07) is 11.8. The molecule has 11 N–H and O–H groups in total. The van der Waals surface area contributed by atoms with Crippen molar-refractivity contribution >= 4 is 35.1 Å². The van der Waals surface area contributed by atoms with Crippen molar-refractivity contribution in [2.24, 2.45) is 22.2 Å². The summed E-state index contributed by atoms with van der Waals surface area (Å²) in [5.41, 5.74) is 26.6. The number of carbonyl (C=O) groups is 1. The van der Waals surface area contributed by atoms with Crippen LogP contribution in [0, 0.1) is 22.1 Å². The van der Waals surface area contributed by atoms with Crippen molar-refractivity contribution in [3.63, 3.8) is 0 Å². The van der Waals surface area contributed by atoms with Crippen molar-refractivity contribution in [1.29, 1.82) is 16.1 Å². The number of anilines is 1. The second-order valence-electron chi connectivity index (χ2n) is 8.10. The summed E-state index contributed by atoms with van der Waals surface area (Å²) in [6.07, 6.45) is 2.71. The maximum atomic E-state index is 12.5. The third-order valence-corrected chi connectivity index (χ3v) is 5.81. The third-order valence-electron chi connectivity index (χ3n) is 5.81. The van der Waals surface area contributed by atoms with Gasteiger partial charge in [-0.3, -0.25) is 15.2 Å². The van der Waals surface area contributed by atoms with Crippen LogP contribution in [-0.4, -0.2) is 40.2 Å². The van der Waals surface area contributed by atoms with Gasteiger partial charge in [0.25, 0.3) is 5.91 Å². The SMILES string of the molecule is N#CC(=N)C(C(N)=NCc1ccc2c(c1)CCN(C(=O)/C(C=N)=C/N)C2)=C(N)c1ccc(O)c(N)c1.